The predicted octanol–water partition coefficient (Wildman–Crippen LogP) is 2.24. The van der Waals surface area contributed by atoms with E-state index in [4.69, 9.17) is 0 Å². The summed E-state index contributed by atoms with van der Waals surface area (Å²) in [5, 5.41) is 6.34. The lowest BCUT2D eigenvalue weighted by Crippen LogP contribution is -2.40. The second-order valence-corrected chi connectivity index (χ2v) is 6.68. The third kappa shape index (κ3) is 5.64. The molecule has 1 saturated carbocycles. The summed E-state index contributed by atoms with van der Waals surface area (Å²) in [6, 6.07) is 9.55. The summed E-state index contributed by atoms with van der Waals surface area (Å²) in [7, 11) is 3.49. The van der Waals surface area contributed by atoms with Crippen LogP contribution in [-0.4, -0.2) is 43.4 Å². The highest BCUT2D eigenvalue weighted by molar-refractivity contribution is 5.83. The summed E-state index contributed by atoms with van der Waals surface area (Å²) in [4.78, 5) is 26.1. The Balaban J connectivity index is 1.84. The van der Waals surface area contributed by atoms with Gasteiger partial charge >= 0.3 is 0 Å². The molecular weight excluding hydrogens is 302 g/mol. The number of hydrogen-bond donors (Lipinski definition) is 2. The van der Waals surface area contributed by atoms with E-state index in [1.165, 1.54) is 19.3 Å². The summed E-state index contributed by atoms with van der Waals surface area (Å²) in [5.41, 5.74) is 0.920. The van der Waals surface area contributed by atoms with Crippen molar-refractivity contribution in [3.63, 3.8) is 0 Å². The van der Waals surface area contributed by atoms with Crippen molar-refractivity contribution in [3.8, 4) is 0 Å². The Morgan fingerprint density at radius 1 is 1.12 bits per heavy atom. The summed E-state index contributed by atoms with van der Waals surface area (Å²) < 4.78 is 0. The second kappa shape index (κ2) is 9.42. The van der Waals surface area contributed by atoms with Crippen molar-refractivity contribution in [2.45, 2.75) is 50.6 Å². The molecule has 5 nitrogen and oxygen atoms in total. The van der Waals surface area contributed by atoms with Gasteiger partial charge in [0.05, 0.1) is 0 Å². The molecule has 0 spiro atoms. The average Bonchev–Trinajstić information content (AvgIpc) is 2.60. The van der Waals surface area contributed by atoms with Crippen LogP contribution in [0.3, 0.4) is 0 Å². The fourth-order valence-corrected chi connectivity index (χ4v) is 3.13. The Bertz CT molecular complexity index is 525. The quantitative estimate of drug-likeness (QED) is 0.805. The Labute approximate surface area is 144 Å². The average molecular weight is 331 g/mol. The van der Waals surface area contributed by atoms with Gasteiger partial charge in [-0.25, -0.2) is 0 Å². The predicted molar refractivity (Wildman–Crippen MR) is 95.5 cm³/mol. The summed E-state index contributed by atoms with van der Waals surface area (Å²) in [5.74, 6) is 0.0624. The number of nitrogens with one attached hydrogen (secondary N) is 2. The molecular formula is C19H29N3O2. The number of nitrogens with zero attached hydrogens (tertiary/aromatic N) is 1. The number of hydrogen-bond acceptors (Lipinski definition) is 3. The number of rotatable bonds is 7. The van der Waals surface area contributed by atoms with Gasteiger partial charge in [-0.05, 0) is 18.4 Å². The van der Waals surface area contributed by atoms with Crippen molar-refractivity contribution in [2.24, 2.45) is 0 Å². The number of amides is 2. The highest BCUT2D eigenvalue weighted by atomic mass is 16.2. The summed E-state index contributed by atoms with van der Waals surface area (Å²) in [6.45, 7) is 0.484. The van der Waals surface area contributed by atoms with Crippen LogP contribution in [0.1, 0.15) is 50.1 Å². The molecule has 2 amide bonds. The number of likely N-dealkylation sites (N-methyl/N-ethyl adjacent to an activating group) is 1. The molecule has 0 unspecified atom stereocenters. The smallest absolute Gasteiger partial charge is 0.243 e. The molecule has 1 fully saturated rings. The topological polar surface area (TPSA) is 61.4 Å². The molecule has 0 aromatic heterocycles. The molecule has 5 heteroatoms. The molecule has 2 N–H and O–H groups in total. The fraction of sp³-hybridized carbons (Fsp3) is 0.579. The van der Waals surface area contributed by atoms with Crippen molar-refractivity contribution in [1.82, 2.24) is 15.5 Å². The van der Waals surface area contributed by atoms with E-state index >= 15 is 0 Å². The first-order valence-electron chi connectivity index (χ1n) is 8.87. The minimum absolute atomic E-state index is 0.00566. The third-order valence-corrected chi connectivity index (χ3v) is 4.49. The van der Waals surface area contributed by atoms with Crippen molar-refractivity contribution in [3.05, 3.63) is 35.9 Å². The molecule has 1 aliphatic rings. The lowest BCUT2D eigenvalue weighted by molar-refractivity contribution is -0.131. The molecule has 0 bridgehead atoms. The van der Waals surface area contributed by atoms with Crippen LogP contribution in [0.5, 0.6) is 0 Å². The first kappa shape index (κ1) is 18.5. The van der Waals surface area contributed by atoms with Crippen molar-refractivity contribution in [2.75, 3.05) is 20.6 Å². The fourth-order valence-electron chi connectivity index (χ4n) is 3.13. The van der Waals surface area contributed by atoms with Crippen molar-refractivity contribution < 1.29 is 9.59 Å². The molecule has 0 radical (unpaired) electrons. The van der Waals surface area contributed by atoms with E-state index in [1.54, 1.807) is 19.0 Å². The van der Waals surface area contributed by atoms with E-state index < -0.39 is 6.04 Å². The molecule has 1 atom stereocenters. The maximum Gasteiger partial charge on any atom is 0.243 e. The zero-order valence-corrected chi connectivity index (χ0v) is 14.8. The number of carbonyl (C=O) groups excluding carboxylic acids is 2. The van der Waals surface area contributed by atoms with E-state index in [2.05, 4.69) is 10.6 Å². The van der Waals surface area contributed by atoms with Crippen LogP contribution in [0.2, 0.25) is 0 Å². The van der Waals surface area contributed by atoms with Crippen molar-refractivity contribution in [1.29, 1.82) is 0 Å². The van der Waals surface area contributed by atoms with E-state index in [0.29, 0.717) is 19.0 Å². The van der Waals surface area contributed by atoms with Crippen LogP contribution in [0, 0.1) is 0 Å². The van der Waals surface area contributed by atoms with Gasteiger partial charge in [0.2, 0.25) is 11.8 Å². The van der Waals surface area contributed by atoms with Crippen LogP contribution in [-0.2, 0) is 9.59 Å². The zero-order chi connectivity index (χ0) is 17.4. The van der Waals surface area contributed by atoms with Gasteiger partial charge in [-0.2, -0.15) is 0 Å². The van der Waals surface area contributed by atoms with E-state index in [0.717, 1.165) is 18.4 Å². The maximum absolute atomic E-state index is 12.4. The molecule has 1 aromatic carbocycles. The molecule has 132 valence electrons. The van der Waals surface area contributed by atoms with Crippen molar-refractivity contribution >= 4 is 11.8 Å². The summed E-state index contributed by atoms with van der Waals surface area (Å²) >= 11 is 0. The largest absolute Gasteiger partial charge is 0.353 e. The monoisotopic (exact) mass is 331 g/mol. The minimum Gasteiger partial charge on any atom is -0.353 e. The molecule has 2 rings (SSSR count). The van der Waals surface area contributed by atoms with Gasteiger partial charge in [0.25, 0.3) is 0 Å². The molecule has 1 aromatic rings. The molecule has 0 saturated heterocycles. The van der Waals surface area contributed by atoms with Gasteiger partial charge in [-0.1, -0.05) is 49.6 Å². The second-order valence-electron chi connectivity index (χ2n) is 6.68. The number of benzene rings is 1. The van der Waals surface area contributed by atoms with Crippen LogP contribution < -0.4 is 10.6 Å². The molecule has 0 heterocycles. The first-order chi connectivity index (χ1) is 11.6. The summed E-state index contributed by atoms with van der Waals surface area (Å²) in [6.07, 6.45) is 6.25. The Kier molecular flexibility index (Phi) is 7.25. The number of carbonyl (C=O) groups is 2. The highest BCUT2D eigenvalue weighted by Crippen LogP contribution is 2.17. The Hall–Kier alpha value is -1.88. The van der Waals surface area contributed by atoms with E-state index in [9.17, 15) is 9.59 Å². The molecule has 1 aliphatic carbocycles. The van der Waals surface area contributed by atoms with Gasteiger partial charge in [0.1, 0.15) is 6.04 Å². The van der Waals surface area contributed by atoms with Crippen LogP contribution in [0.25, 0.3) is 0 Å². The lowest BCUT2D eigenvalue weighted by Gasteiger charge is -2.24. The van der Waals surface area contributed by atoms with Crippen LogP contribution in [0.15, 0.2) is 30.3 Å². The normalized spacial score (nSPS) is 16.4. The van der Waals surface area contributed by atoms with E-state index in [-0.39, 0.29) is 11.8 Å². The van der Waals surface area contributed by atoms with Gasteiger partial charge in [-0.3, -0.25) is 9.59 Å². The van der Waals surface area contributed by atoms with E-state index in [1.807, 2.05) is 30.3 Å². The Morgan fingerprint density at radius 2 is 1.79 bits per heavy atom. The minimum atomic E-state index is -0.413. The SMILES string of the molecule is CN(C)C(=O)[C@H](NCCC(=O)NC1CCCCC1)c1ccccc1. The highest BCUT2D eigenvalue weighted by Gasteiger charge is 2.22. The lowest BCUT2D eigenvalue weighted by atomic mass is 9.95. The molecule has 0 aliphatic heterocycles. The maximum atomic E-state index is 12.4. The zero-order valence-electron chi connectivity index (χ0n) is 14.8. The van der Waals surface area contributed by atoms with Gasteiger partial charge in [0, 0.05) is 33.1 Å². The first-order valence-corrected chi connectivity index (χ1v) is 8.87. The van der Waals surface area contributed by atoms with Crippen LogP contribution >= 0.6 is 0 Å². The van der Waals surface area contributed by atoms with Crippen LogP contribution in [0.4, 0.5) is 0 Å². The van der Waals surface area contributed by atoms with Gasteiger partial charge in [0.15, 0.2) is 0 Å². The van der Waals surface area contributed by atoms with Gasteiger partial charge < -0.3 is 15.5 Å². The standard InChI is InChI=1S/C19H29N3O2/c1-22(2)19(24)18(15-9-5-3-6-10-15)20-14-13-17(23)21-16-11-7-4-8-12-16/h3,5-6,9-10,16,18,20H,4,7-8,11-14H2,1-2H3,(H,21,23)/t18-/m1/s1. The van der Waals surface area contributed by atoms with Gasteiger partial charge in [-0.15, -0.1) is 0 Å². The molecule has 24 heavy (non-hydrogen) atoms. The third-order valence-electron chi connectivity index (χ3n) is 4.49. The Morgan fingerprint density at radius 3 is 2.42 bits per heavy atom.